The van der Waals surface area contributed by atoms with Crippen LogP contribution in [0.1, 0.15) is 24.5 Å². The lowest BCUT2D eigenvalue weighted by atomic mass is 9.77. The van der Waals surface area contributed by atoms with Crippen LogP contribution < -0.4 is 0 Å². The fraction of sp³-hybridized carbons (Fsp3) is 0.292. The third kappa shape index (κ3) is 5.80. The summed E-state index contributed by atoms with van der Waals surface area (Å²) in [6.45, 7) is 4.20. The molecule has 5 heteroatoms. The smallest absolute Gasteiger partial charge is 0.163 e. The molecule has 0 amide bonds. The van der Waals surface area contributed by atoms with Gasteiger partial charge in [-0.05, 0) is 54.4 Å². The largest absolute Gasteiger partial charge is 0.385 e. The minimum absolute atomic E-state index is 0.0821. The standard InChI is InChI=1S/C24H25Cl2NO2/c1-2-27-16-15-24(29,14-13-19-5-10-21(26)11-6-19)22(17-27)23(28)12-7-18-3-8-20(25)9-4-18/h3-14,22,29H,2,15-17H2,1H3/b12-7+,14-13+/t22-,24-/m0/s1. The molecule has 1 saturated heterocycles. The van der Waals surface area contributed by atoms with Crippen molar-refractivity contribution < 1.29 is 9.90 Å². The minimum Gasteiger partial charge on any atom is -0.385 e. The minimum atomic E-state index is -1.19. The molecule has 0 unspecified atom stereocenters. The van der Waals surface area contributed by atoms with Gasteiger partial charge in [0.25, 0.3) is 0 Å². The van der Waals surface area contributed by atoms with Gasteiger partial charge in [0.15, 0.2) is 5.78 Å². The fourth-order valence-corrected chi connectivity index (χ4v) is 3.78. The van der Waals surface area contributed by atoms with E-state index in [9.17, 15) is 9.90 Å². The summed E-state index contributed by atoms with van der Waals surface area (Å²) in [5, 5.41) is 12.7. The second kappa shape index (κ2) is 9.73. The number of allylic oxidation sites excluding steroid dienone is 1. The van der Waals surface area contributed by atoms with Crippen molar-refractivity contribution in [3.63, 3.8) is 0 Å². The maximum absolute atomic E-state index is 13.0. The summed E-state index contributed by atoms with van der Waals surface area (Å²) in [4.78, 5) is 15.2. The molecule has 1 heterocycles. The molecule has 152 valence electrons. The maximum Gasteiger partial charge on any atom is 0.163 e. The summed E-state index contributed by atoms with van der Waals surface area (Å²) in [7, 11) is 0. The number of carbonyl (C=O) groups is 1. The van der Waals surface area contributed by atoms with E-state index >= 15 is 0 Å². The van der Waals surface area contributed by atoms with E-state index in [-0.39, 0.29) is 5.78 Å². The molecule has 2 aromatic carbocycles. The van der Waals surface area contributed by atoms with E-state index in [1.807, 2.05) is 42.5 Å². The Hall–Kier alpha value is -1.91. The quantitative estimate of drug-likeness (QED) is 0.627. The molecule has 3 rings (SSSR count). The maximum atomic E-state index is 13.0. The Morgan fingerprint density at radius 2 is 1.62 bits per heavy atom. The van der Waals surface area contributed by atoms with Crippen molar-refractivity contribution in [1.29, 1.82) is 0 Å². The lowest BCUT2D eigenvalue weighted by Gasteiger charge is -2.41. The van der Waals surface area contributed by atoms with Gasteiger partial charge in [-0.1, -0.05) is 72.6 Å². The molecule has 0 aliphatic carbocycles. The molecule has 29 heavy (non-hydrogen) atoms. The highest BCUT2D eigenvalue weighted by molar-refractivity contribution is 6.30. The van der Waals surface area contributed by atoms with Crippen LogP contribution in [0, 0.1) is 5.92 Å². The Bertz CT molecular complexity index is 890. The molecule has 1 N–H and O–H groups in total. The van der Waals surface area contributed by atoms with Crippen LogP contribution in [-0.2, 0) is 4.79 Å². The summed E-state index contributed by atoms with van der Waals surface area (Å²) in [6, 6.07) is 14.7. The Kier molecular flexibility index (Phi) is 7.31. The lowest BCUT2D eigenvalue weighted by molar-refractivity contribution is -0.129. The van der Waals surface area contributed by atoms with Gasteiger partial charge in [0.2, 0.25) is 0 Å². The van der Waals surface area contributed by atoms with Crippen molar-refractivity contribution in [3.05, 3.63) is 81.9 Å². The normalized spacial score (nSPS) is 23.1. The Labute approximate surface area is 182 Å². The molecule has 1 aliphatic heterocycles. The Balaban J connectivity index is 1.81. The zero-order valence-electron chi connectivity index (χ0n) is 16.4. The summed E-state index contributed by atoms with van der Waals surface area (Å²) in [5.74, 6) is -0.607. The van der Waals surface area contributed by atoms with E-state index in [1.165, 1.54) is 0 Å². The molecule has 1 fully saturated rings. The number of ketones is 1. The molecule has 0 aromatic heterocycles. The summed E-state index contributed by atoms with van der Waals surface area (Å²) < 4.78 is 0. The number of carbonyl (C=O) groups excluding carboxylic acids is 1. The number of hydrogen-bond donors (Lipinski definition) is 1. The van der Waals surface area contributed by atoms with Crippen LogP contribution in [-0.4, -0.2) is 41.0 Å². The van der Waals surface area contributed by atoms with Crippen molar-refractivity contribution in [2.75, 3.05) is 19.6 Å². The summed E-state index contributed by atoms with van der Waals surface area (Å²) >= 11 is 11.9. The molecule has 0 radical (unpaired) electrons. The molecule has 2 aromatic rings. The van der Waals surface area contributed by atoms with Crippen LogP contribution in [0.15, 0.2) is 60.7 Å². The molecule has 0 bridgehead atoms. The van der Waals surface area contributed by atoms with Crippen molar-refractivity contribution in [1.82, 2.24) is 4.90 Å². The van der Waals surface area contributed by atoms with E-state index in [0.717, 1.165) is 24.2 Å². The van der Waals surface area contributed by atoms with Gasteiger partial charge in [-0.3, -0.25) is 4.79 Å². The average Bonchev–Trinajstić information content (AvgIpc) is 2.73. The van der Waals surface area contributed by atoms with Gasteiger partial charge >= 0.3 is 0 Å². The number of hydrogen-bond acceptors (Lipinski definition) is 3. The highest BCUT2D eigenvalue weighted by atomic mass is 35.5. The van der Waals surface area contributed by atoms with Crippen molar-refractivity contribution in [3.8, 4) is 0 Å². The van der Waals surface area contributed by atoms with Crippen LogP contribution in [0.25, 0.3) is 12.2 Å². The number of aliphatic hydroxyl groups is 1. The monoisotopic (exact) mass is 429 g/mol. The van der Waals surface area contributed by atoms with E-state index in [2.05, 4.69) is 11.8 Å². The zero-order chi connectivity index (χ0) is 20.9. The van der Waals surface area contributed by atoms with Crippen molar-refractivity contribution in [2.45, 2.75) is 18.9 Å². The van der Waals surface area contributed by atoms with Gasteiger partial charge in [0.05, 0.1) is 11.5 Å². The lowest BCUT2D eigenvalue weighted by Crippen LogP contribution is -2.53. The second-order valence-electron chi connectivity index (χ2n) is 7.36. The predicted octanol–water partition coefficient (Wildman–Crippen LogP) is 5.36. The van der Waals surface area contributed by atoms with Crippen LogP contribution in [0.5, 0.6) is 0 Å². The first-order valence-corrected chi connectivity index (χ1v) is 10.5. The van der Waals surface area contributed by atoms with E-state index in [1.54, 1.807) is 30.4 Å². The Morgan fingerprint density at radius 1 is 1.07 bits per heavy atom. The molecule has 3 nitrogen and oxygen atoms in total. The number of halogens is 2. The highest BCUT2D eigenvalue weighted by Crippen LogP contribution is 2.31. The molecular formula is C24H25Cl2NO2. The first-order valence-electron chi connectivity index (χ1n) is 9.76. The van der Waals surface area contributed by atoms with Crippen molar-refractivity contribution >= 4 is 41.1 Å². The average molecular weight is 430 g/mol. The van der Waals surface area contributed by atoms with E-state index < -0.39 is 11.5 Å². The van der Waals surface area contributed by atoms with Gasteiger partial charge in [0.1, 0.15) is 0 Å². The van der Waals surface area contributed by atoms with Crippen LogP contribution >= 0.6 is 23.2 Å². The van der Waals surface area contributed by atoms with E-state index in [4.69, 9.17) is 23.2 Å². The first-order chi connectivity index (χ1) is 13.9. The number of nitrogens with zero attached hydrogens (tertiary/aromatic N) is 1. The predicted molar refractivity (Wildman–Crippen MR) is 121 cm³/mol. The third-order valence-corrected chi connectivity index (χ3v) is 5.91. The van der Waals surface area contributed by atoms with E-state index in [0.29, 0.717) is 23.0 Å². The van der Waals surface area contributed by atoms with Crippen LogP contribution in [0.2, 0.25) is 10.0 Å². The van der Waals surface area contributed by atoms with Crippen LogP contribution in [0.4, 0.5) is 0 Å². The van der Waals surface area contributed by atoms with Crippen LogP contribution in [0.3, 0.4) is 0 Å². The van der Waals surface area contributed by atoms with Gasteiger partial charge < -0.3 is 10.0 Å². The number of piperidine rings is 1. The van der Waals surface area contributed by atoms with Crippen molar-refractivity contribution in [2.24, 2.45) is 5.92 Å². The first kappa shape index (κ1) is 21.8. The molecule has 2 atom stereocenters. The SMILES string of the molecule is CCN1CC[C@@](O)(/C=C/c2ccc(Cl)cc2)[C@H](C(=O)/C=C/c2ccc(Cl)cc2)C1. The Morgan fingerprint density at radius 3 is 2.17 bits per heavy atom. The number of benzene rings is 2. The number of rotatable bonds is 6. The second-order valence-corrected chi connectivity index (χ2v) is 8.23. The molecule has 0 spiro atoms. The summed E-state index contributed by atoms with van der Waals surface area (Å²) in [6.07, 6.45) is 7.47. The van der Waals surface area contributed by atoms with Gasteiger partial charge in [-0.2, -0.15) is 0 Å². The topological polar surface area (TPSA) is 40.5 Å². The zero-order valence-corrected chi connectivity index (χ0v) is 17.9. The summed E-state index contributed by atoms with van der Waals surface area (Å²) in [5.41, 5.74) is 0.641. The van der Waals surface area contributed by atoms with Gasteiger partial charge in [-0.25, -0.2) is 0 Å². The van der Waals surface area contributed by atoms with Gasteiger partial charge in [0, 0.05) is 23.1 Å². The molecule has 1 aliphatic rings. The van der Waals surface area contributed by atoms with Gasteiger partial charge in [-0.15, -0.1) is 0 Å². The highest BCUT2D eigenvalue weighted by Gasteiger charge is 2.42. The third-order valence-electron chi connectivity index (χ3n) is 5.41. The molecular weight excluding hydrogens is 405 g/mol. The fourth-order valence-electron chi connectivity index (χ4n) is 3.52. The number of likely N-dealkylation sites (tertiary alicyclic amines) is 1. The molecule has 0 saturated carbocycles.